The summed E-state index contributed by atoms with van der Waals surface area (Å²) < 4.78 is 4.36. The maximum atomic E-state index is 10.9. The van der Waals surface area contributed by atoms with Crippen LogP contribution in [0, 0.1) is 0 Å². The van der Waals surface area contributed by atoms with Crippen molar-refractivity contribution in [1.29, 1.82) is 0 Å². The van der Waals surface area contributed by atoms with Gasteiger partial charge in [-0.1, -0.05) is 0 Å². The van der Waals surface area contributed by atoms with E-state index in [1.807, 2.05) is 0 Å². The van der Waals surface area contributed by atoms with Crippen LogP contribution < -0.4 is 10.6 Å². The number of likely N-dealkylation sites (N-methyl/N-ethyl adjacent to an activating group) is 2. The van der Waals surface area contributed by atoms with Crippen molar-refractivity contribution < 1.29 is 14.3 Å². The maximum absolute atomic E-state index is 10.9. The van der Waals surface area contributed by atoms with E-state index in [2.05, 4.69) is 15.4 Å². The number of ether oxygens (including phenoxy) is 1. The number of carbonyl (C=O) groups is 2. The zero-order chi connectivity index (χ0) is 8.85. The Kier molecular flexibility index (Phi) is 4.21. The molecule has 0 rings (SSSR count). The van der Waals surface area contributed by atoms with Gasteiger partial charge in [0, 0.05) is 7.05 Å². The Balaban J connectivity index is 4.15. The summed E-state index contributed by atoms with van der Waals surface area (Å²) in [6.45, 7) is 0. The molecule has 0 bridgehead atoms. The molecule has 0 aromatic carbocycles. The molecule has 0 spiro atoms. The standard InChI is InChI=1S/C6H12N2O3/c1-7-4(5(9)8-2)6(10)11-3/h4,7H,1-3H3,(H,8,9). The lowest BCUT2D eigenvalue weighted by Crippen LogP contribution is -2.47. The topological polar surface area (TPSA) is 67.4 Å². The second-order valence-corrected chi connectivity index (χ2v) is 1.86. The van der Waals surface area contributed by atoms with E-state index in [0.29, 0.717) is 0 Å². The Morgan fingerprint density at radius 2 is 1.91 bits per heavy atom. The van der Waals surface area contributed by atoms with Crippen LogP contribution in [0.15, 0.2) is 0 Å². The molecule has 0 aliphatic carbocycles. The maximum Gasteiger partial charge on any atom is 0.332 e. The molecule has 0 radical (unpaired) electrons. The number of carbonyl (C=O) groups excluding carboxylic acids is 2. The predicted molar refractivity (Wildman–Crippen MR) is 38.9 cm³/mol. The van der Waals surface area contributed by atoms with Crippen LogP contribution in [-0.4, -0.2) is 39.1 Å². The number of amides is 1. The van der Waals surface area contributed by atoms with Crippen LogP contribution in [0.25, 0.3) is 0 Å². The molecule has 5 heteroatoms. The SMILES string of the molecule is CNC(=O)C(NC)C(=O)OC. The highest BCUT2D eigenvalue weighted by molar-refractivity contribution is 6.01. The molecule has 64 valence electrons. The summed E-state index contributed by atoms with van der Waals surface area (Å²) in [5.74, 6) is -0.994. The third-order valence-electron chi connectivity index (χ3n) is 1.23. The predicted octanol–water partition coefficient (Wildman–Crippen LogP) is -1.51. The third kappa shape index (κ3) is 2.55. The van der Waals surface area contributed by atoms with Crippen molar-refractivity contribution in [3.05, 3.63) is 0 Å². The van der Waals surface area contributed by atoms with Crippen molar-refractivity contribution in [3.63, 3.8) is 0 Å². The summed E-state index contributed by atoms with van der Waals surface area (Å²) in [5.41, 5.74) is 0. The number of hydrogen-bond donors (Lipinski definition) is 2. The quantitative estimate of drug-likeness (QED) is 0.389. The van der Waals surface area contributed by atoms with Crippen molar-refractivity contribution in [2.75, 3.05) is 21.2 Å². The van der Waals surface area contributed by atoms with E-state index in [9.17, 15) is 9.59 Å². The fourth-order valence-corrected chi connectivity index (χ4v) is 0.618. The second kappa shape index (κ2) is 4.68. The van der Waals surface area contributed by atoms with Crippen LogP contribution in [-0.2, 0) is 14.3 Å². The Morgan fingerprint density at radius 3 is 2.18 bits per heavy atom. The summed E-state index contributed by atoms with van der Waals surface area (Å²) in [4.78, 5) is 21.7. The monoisotopic (exact) mass is 160 g/mol. The van der Waals surface area contributed by atoms with Gasteiger partial charge in [-0.3, -0.25) is 10.1 Å². The average molecular weight is 160 g/mol. The summed E-state index contributed by atoms with van der Waals surface area (Å²) in [5, 5.41) is 4.85. The first-order chi connectivity index (χ1) is 5.17. The lowest BCUT2D eigenvalue weighted by molar-refractivity contribution is -0.146. The number of rotatable bonds is 3. The van der Waals surface area contributed by atoms with Gasteiger partial charge < -0.3 is 10.1 Å². The van der Waals surface area contributed by atoms with E-state index in [1.165, 1.54) is 21.2 Å². The van der Waals surface area contributed by atoms with Crippen LogP contribution in [0.3, 0.4) is 0 Å². The van der Waals surface area contributed by atoms with E-state index in [1.54, 1.807) is 0 Å². The normalized spacial score (nSPS) is 11.9. The van der Waals surface area contributed by atoms with Crippen molar-refractivity contribution in [1.82, 2.24) is 10.6 Å². The van der Waals surface area contributed by atoms with Crippen molar-refractivity contribution in [3.8, 4) is 0 Å². The molecule has 1 amide bonds. The van der Waals surface area contributed by atoms with Gasteiger partial charge in [-0.2, -0.15) is 0 Å². The Hall–Kier alpha value is -1.10. The van der Waals surface area contributed by atoms with Gasteiger partial charge in [0.05, 0.1) is 7.11 Å². The molecule has 1 unspecified atom stereocenters. The van der Waals surface area contributed by atoms with Gasteiger partial charge in [0.15, 0.2) is 6.04 Å². The minimum atomic E-state index is -0.912. The first kappa shape index (κ1) is 9.90. The van der Waals surface area contributed by atoms with Crippen LogP contribution >= 0.6 is 0 Å². The van der Waals surface area contributed by atoms with Gasteiger partial charge in [-0.05, 0) is 7.05 Å². The van der Waals surface area contributed by atoms with E-state index >= 15 is 0 Å². The molecule has 0 saturated heterocycles. The van der Waals surface area contributed by atoms with E-state index < -0.39 is 17.9 Å². The van der Waals surface area contributed by atoms with Crippen LogP contribution in [0.4, 0.5) is 0 Å². The summed E-state index contributed by atoms with van der Waals surface area (Å²) >= 11 is 0. The fourth-order valence-electron chi connectivity index (χ4n) is 0.618. The van der Waals surface area contributed by atoms with Gasteiger partial charge in [0.1, 0.15) is 0 Å². The zero-order valence-electron chi connectivity index (χ0n) is 6.80. The third-order valence-corrected chi connectivity index (χ3v) is 1.23. The molecular formula is C6H12N2O3. The molecule has 0 aromatic heterocycles. The molecule has 0 aliphatic heterocycles. The Morgan fingerprint density at radius 1 is 1.36 bits per heavy atom. The Bertz CT molecular complexity index is 142. The smallest absolute Gasteiger partial charge is 0.332 e. The molecular weight excluding hydrogens is 148 g/mol. The molecule has 0 aliphatic rings. The molecule has 2 N–H and O–H groups in total. The number of nitrogens with one attached hydrogen (secondary N) is 2. The molecule has 0 fully saturated rings. The van der Waals surface area contributed by atoms with Gasteiger partial charge in [-0.15, -0.1) is 0 Å². The van der Waals surface area contributed by atoms with Crippen LogP contribution in [0.2, 0.25) is 0 Å². The van der Waals surface area contributed by atoms with Gasteiger partial charge in [0.2, 0.25) is 5.91 Å². The largest absolute Gasteiger partial charge is 0.467 e. The van der Waals surface area contributed by atoms with E-state index in [4.69, 9.17) is 0 Å². The van der Waals surface area contributed by atoms with Crippen LogP contribution in [0.5, 0.6) is 0 Å². The minimum Gasteiger partial charge on any atom is -0.467 e. The zero-order valence-corrected chi connectivity index (χ0v) is 6.80. The summed E-state index contributed by atoms with van der Waals surface area (Å²) in [6, 6.07) is -0.912. The second-order valence-electron chi connectivity index (χ2n) is 1.86. The van der Waals surface area contributed by atoms with Crippen molar-refractivity contribution in [2.24, 2.45) is 0 Å². The van der Waals surface area contributed by atoms with Crippen molar-refractivity contribution in [2.45, 2.75) is 6.04 Å². The first-order valence-electron chi connectivity index (χ1n) is 3.14. The van der Waals surface area contributed by atoms with E-state index in [0.717, 1.165) is 0 Å². The molecule has 0 saturated carbocycles. The van der Waals surface area contributed by atoms with Gasteiger partial charge in [-0.25, -0.2) is 4.79 Å². The highest BCUT2D eigenvalue weighted by atomic mass is 16.5. The molecule has 5 nitrogen and oxygen atoms in total. The Labute approximate surface area is 65.1 Å². The highest BCUT2D eigenvalue weighted by Gasteiger charge is 2.23. The molecule has 0 aromatic rings. The van der Waals surface area contributed by atoms with Gasteiger partial charge >= 0.3 is 5.97 Å². The first-order valence-corrected chi connectivity index (χ1v) is 3.14. The summed E-state index contributed by atoms with van der Waals surface area (Å²) in [6.07, 6.45) is 0. The molecule has 0 heterocycles. The molecule has 11 heavy (non-hydrogen) atoms. The molecule has 1 atom stereocenters. The number of hydrogen-bond acceptors (Lipinski definition) is 4. The van der Waals surface area contributed by atoms with E-state index in [-0.39, 0.29) is 0 Å². The highest BCUT2D eigenvalue weighted by Crippen LogP contribution is 1.85. The number of esters is 1. The fraction of sp³-hybridized carbons (Fsp3) is 0.667. The van der Waals surface area contributed by atoms with Gasteiger partial charge in [0.25, 0.3) is 0 Å². The van der Waals surface area contributed by atoms with Crippen LogP contribution in [0.1, 0.15) is 0 Å². The lowest BCUT2D eigenvalue weighted by atomic mass is 10.3. The summed E-state index contributed by atoms with van der Waals surface area (Å²) in [7, 11) is 4.20. The average Bonchev–Trinajstić information content (AvgIpc) is 2.05. The number of methoxy groups -OCH3 is 1. The minimum absolute atomic E-state index is 0.403. The van der Waals surface area contributed by atoms with Crippen molar-refractivity contribution >= 4 is 11.9 Å². The lowest BCUT2D eigenvalue weighted by Gasteiger charge is -2.10.